The van der Waals surface area contributed by atoms with Gasteiger partial charge in [0.2, 0.25) is 5.91 Å². The van der Waals surface area contributed by atoms with Crippen molar-refractivity contribution in [1.82, 2.24) is 10.6 Å². The van der Waals surface area contributed by atoms with Crippen LogP contribution in [0, 0.1) is 0 Å². The summed E-state index contributed by atoms with van der Waals surface area (Å²) >= 11 is 0. The predicted octanol–water partition coefficient (Wildman–Crippen LogP) is 4.84. The van der Waals surface area contributed by atoms with Crippen LogP contribution >= 0.6 is 0 Å². The molecular weight excluding hydrogens is 432 g/mol. The number of alkyl carbamates (subject to hydrolysis) is 1. The first kappa shape index (κ1) is 25.3. The number of carbonyl (C=O) groups excluding carboxylic acids is 2. The fraction of sp³-hybridized carbons (Fsp3) is 0.444. The van der Waals surface area contributed by atoms with Crippen molar-refractivity contribution in [3.8, 4) is 11.1 Å². The van der Waals surface area contributed by atoms with E-state index in [-0.39, 0.29) is 36.8 Å². The van der Waals surface area contributed by atoms with Gasteiger partial charge in [-0.15, -0.1) is 0 Å². The number of amides is 2. The summed E-state index contributed by atoms with van der Waals surface area (Å²) in [4.78, 5) is 36.8. The molecule has 1 aliphatic rings. The van der Waals surface area contributed by atoms with E-state index in [1.165, 1.54) is 0 Å². The first-order valence-electron chi connectivity index (χ1n) is 12.0. The quantitative estimate of drug-likeness (QED) is 0.439. The standard InChI is InChI=1S/C27H34N2O5/c1-4-27(5-2,6-3)29-25(32)23(15-16-24(30)31)28-26(33)34-17-22-20-13-9-7-11-18(20)19-12-8-10-14-21(19)22/h7-14,22-23H,4-6,15-17H2,1-3H3,(H,28,33)(H,29,32)(H,30,31). The van der Waals surface area contributed by atoms with Crippen LogP contribution in [-0.2, 0) is 14.3 Å². The summed E-state index contributed by atoms with van der Waals surface area (Å²) in [5, 5.41) is 14.7. The van der Waals surface area contributed by atoms with Crippen molar-refractivity contribution in [3.05, 3.63) is 59.7 Å². The zero-order valence-electron chi connectivity index (χ0n) is 20.1. The molecule has 182 valence electrons. The fourth-order valence-electron chi connectivity index (χ4n) is 4.68. The van der Waals surface area contributed by atoms with Crippen molar-refractivity contribution in [3.63, 3.8) is 0 Å². The van der Waals surface area contributed by atoms with Gasteiger partial charge in [0.05, 0.1) is 0 Å². The number of ether oxygens (including phenoxy) is 1. The van der Waals surface area contributed by atoms with Gasteiger partial charge < -0.3 is 20.5 Å². The molecule has 0 saturated carbocycles. The monoisotopic (exact) mass is 466 g/mol. The summed E-state index contributed by atoms with van der Waals surface area (Å²) in [5.74, 6) is -1.52. The highest BCUT2D eigenvalue weighted by molar-refractivity contribution is 5.87. The minimum absolute atomic E-state index is 0.0153. The molecule has 0 radical (unpaired) electrons. The highest BCUT2D eigenvalue weighted by Gasteiger charge is 2.32. The van der Waals surface area contributed by atoms with E-state index in [1.54, 1.807) is 0 Å². The van der Waals surface area contributed by atoms with Crippen LogP contribution in [0.15, 0.2) is 48.5 Å². The van der Waals surface area contributed by atoms with Crippen LogP contribution < -0.4 is 10.6 Å². The van der Waals surface area contributed by atoms with Crippen molar-refractivity contribution < 1.29 is 24.2 Å². The van der Waals surface area contributed by atoms with Crippen LogP contribution in [0.3, 0.4) is 0 Å². The summed E-state index contributed by atoms with van der Waals surface area (Å²) in [5.41, 5.74) is 4.05. The SMILES string of the molecule is CCC(CC)(CC)NC(=O)C(CCC(=O)O)NC(=O)OCC1c2ccccc2-c2ccccc21. The van der Waals surface area contributed by atoms with Crippen LogP contribution in [0.25, 0.3) is 11.1 Å². The van der Waals surface area contributed by atoms with Gasteiger partial charge in [-0.2, -0.15) is 0 Å². The maximum absolute atomic E-state index is 13.0. The lowest BCUT2D eigenvalue weighted by Crippen LogP contribution is -2.55. The summed E-state index contributed by atoms with van der Waals surface area (Å²) in [7, 11) is 0. The highest BCUT2D eigenvalue weighted by Crippen LogP contribution is 2.44. The van der Waals surface area contributed by atoms with Gasteiger partial charge in [-0.1, -0.05) is 69.3 Å². The number of carboxylic acids is 1. The first-order valence-corrected chi connectivity index (χ1v) is 12.0. The molecule has 0 fully saturated rings. The smallest absolute Gasteiger partial charge is 0.407 e. The minimum Gasteiger partial charge on any atom is -0.481 e. The van der Waals surface area contributed by atoms with E-state index in [4.69, 9.17) is 9.84 Å². The van der Waals surface area contributed by atoms with Crippen molar-refractivity contribution in [2.24, 2.45) is 0 Å². The number of carbonyl (C=O) groups is 3. The van der Waals surface area contributed by atoms with E-state index in [2.05, 4.69) is 22.8 Å². The van der Waals surface area contributed by atoms with Gasteiger partial charge in [-0.25, -0.2) is 4.79 Å². The van der Waals surface area contributed by atoms with Gasteiger partial charge in [0.15, 0.2) is 0 Å². The number of hydrogen-bond acceptors (Lipinski definition) is 4. The van der Waals surface area contributed by atoms with Crippen molar-refractivity contribution >= 4 is 18.0 Å². The number of carboxylic acid groups (broad SMARTS) is 1. The Morgan fingerprint density at radius 1 is 0.941 bits per heavy atom. The average molecular weight is 467 g/mol. The molecule has 1 aliphatic carbocycles. The van der Waals surface area contributed by atoms with Gasteiger partial charge in [0.1, 0.15) is 12.6 Å². The third-order valence-electron chi connectivity index (χ3n) is 7.02. The molecule has 0 aromatic heterocycles. The molecule has 0 spiro atoms. The Hall–Kier alpha value is -3.35. The molecule has 0 bridgehead atoms. The Balaban J connectivity index is 1.69. The molecule has 2 aromatic rings. The molecule has 3 N–H and O–H groups in total. The minimum atomic E-state index is -1.03. The summed E-state index contributed by atoms with van der Waals surface area (Å²) < 4.78 is 5.56. The van der Waals surface area contributed by atoms with E-state index in [1.807, 2.05) is 57.2 Å². The number of aliphatic carboxylic acids is 1. The molecule has 0 saturated heterocycles. The number of hydrogen-bond donors (Lipinski definition) is 3. The van der Waals surface area contributed by atoms with E-state index in [9.17, 15) is 14.4 Å². The molecule has 3 rings (SSSR count). The van der Waals surface area contributed by atoms with E-state index < -0.39 is 18.1 Å². The largest absolute Gasteiger partial charge is 0.481 e. The Morgan fingerprint density at radius 3 is 1.97 bits per heavy atom. The van der Waals surface area contributed by atoms with Gasteiger partial charge >= 0.3 is 12.1 Å². The van der Waals surface area contributed by atoms with E-state index in [0.29, 0.717) is 0 Å². The van der Waals surface area contributed by atoms with Crippen LogP contribution in [0.2, 0.25) is 0 Å². The first-order chi connectivity index (χ1) is 16.3. The van der Waals surface area contributed by atoms with E-state index >= 15 is 0 Å². The Labute approximate surface area is 200 Å². The molecular formula is C27H34N2O5. The number of nitrogens with one attached hydrogen (secondary N) is 2. The predicted molar refractivity (Wildman–Crippen MR) is 131 cm³/mol. The van der Waals surface area contributed by atoms with Gasteiger partial charge in [0.25, 0.3) is 0 Å². The maximum Gasteiger partial charge on any atom is 0.407 e. The molecule has 2 amide bonds. The van der Waals surface area contributed by atoms with Gasteiger partial charge in [0, 0.05) is 17.9 Å². The second-order valence-corrected chi connectivity index (χ2v) is 8.79. The molecule has 1 unspecified atom stereocenters. The number of benzene rings is 2. The van der Waals surface area contributed by atoms with Gasteiger partial charge in [-0.05, 0) is 47.9 Å². The molecule has 1 atom stereocenters. The Kier molecular flexibility index (Phi) is 8.31. The normalized spacial score (nSPS) is 13.5. The van der Waals surface area contributed by atoms with Gasteiger partial charge in [-0.3, -0.25) is 9.59 Å². The van der Waals surface area contributed by atoms with Crippen LogP contribution in [0.4, 0.5) is 4.79 Å². The molecule has 7 heteroatoms. The van der Waals surface area contributed by atoms with Crippen molar-refractivity contribution in [2.45, 2.75) is 70.4 Å². The average Bonchev–Trinajstić information content (AvgIpc) is 3.17. The second-order valence-electron chi connectivity index (χ2n) is 8.79. The zero-order valence-corrected chi connectivity index (χ0v) is 20.1. The van der Waals surface area contributed by atoms with Crippen molar-refractivity contribution in [1.29, 1.82) is 0 Å². The lowest BCUT2D eigenvalue weighted by molar-refractivity contribution is -0.137. The molecule has 7 nitrogen and oxygen atoms in total. The third-order valence-corrected chi connectivity index (χ3v) is 7.02. The number of rotatable bonds is 11. The number of fused-ring (bicyclic) bond motifs is 3. The maximum atomic E-state index is 13.0. The summed E-state index contributed by atoms with van der Waals surface area (Å²) in [6.07, 6.45) is 1.23. The van der Waals surface area contributed by atoms with Crippen LogP contribution in [0.1, 0.15) is 69.9 Å². The Morgan fingerprint density at radius 2 is 1.47 bits per heavy atom. The van der Waals surface area contributed by atoms with Crippen LogP contribution in [-0.4, -0.2) is 41.3 Å². The van der Waals surface area contributed by atoms with Crippen LogP contribution in [0.5, 0.6) is 0 Å². The summed E-state index contributed by atoms with van der Waals surface area (Å²) in [6.45, 7) is 6.12. The third kappa shape index (κ3) is 5.58. The van der Waals surface area contributed by atoms with Crippen molar-refractivity contribution in [2.75, 3.05) is 6.61 Å². The Bertz CT molecular complexity index is 977. The molecule has 34 heavy (non-hydrogen) atoms. The molecule has 0 heterocycles. The topological polar surface area (TPSA) is 105 Å². The van der Waals surface area contributed by atoms with E-state index in [0.717, 1.165) is 41.5 Å². The molecule has 2 aromatic carbocycles. The summed E-state index contributed by atoms with van der Waals surface area (Å²) in [6, 6.07) is 15.1. The zero-order chi connectivity index (χ0) is 24.7. The lowest BCUT2D eigenvalue weighted by atomic mass is 9.89. The second kappa shape index (κ2) is 11.2. The highest BCUT2D eigenvalue weighted by atomic mass is 16.5. The lowest BCUT2D eigenvalue weighted by Gasteiger charge is -2.33. The molecule has 0 aliphatic heterocycles. The fourth-order valence-corrected chi connectivity index (χ4v) is 4.68.